The molecule has 4 N–H and O–H groups in total. The summed E-state index contributed by atoms with van der Waals surface area (Å²) in [6.07, 6.45) is 4.94. The van der Waals surface area contributed by atoms with Crippen LogP contribution in [0.2, 0.25) is 5.02 Å². The topological polar surface area (TPSA) is 133 Å². The summed E-state index contributed by atoms with van der Waals surface area (Å²) in [6, 6.07) is 20.7. The maximum atomic E-state index is 12.4. The van der Waals surface area contributed by atoms with Crippen molar-refractivity contribution in [3.8, 4) is 22.6 Å². The standard InChI is InChI=1S/C35H38ClN3O6/c1-23-26(11-8-12-29(23)25-9-4-3-5-10-25)22-45-33-17-32(44-21-24-15-28(34(40)41)19-38-18-24)27(16-30(33)36)20-39-31(35(42)43-2)13-6-7-14-37/h3-5,8-12,15-19,31,39H,6-7,13-14,20-22,37H2,1-2H3,(H,40,41)/t31-/m0/s1. The van der Waals surface area contributed by atoms with Crippen LogP contribution < -0.4 is 20.5 Å². The zero-order valence-electron chi connectivity index (χ0n) is 25.4. The lowest BCUT2D eigenvalue weighted by Crippen LogP contribution is -2.37. The molecule has 0 aliphatic heterocycles. The van der Waals surface area contributed by atoms with Crippen LogP contribution in [0.15, 0.2) is 79.1 Å². The Balaban J connectivity index is 1.58. The minimum absolute atomic E-state index is 0.0529. The predicted molar refractivity (Wildman–Crippen MR) is 173 cm³/mol. The first kappa shape index (κ1) is 33.5. The van der Waals surface area contributed by atoms with Gasteiger partial charge in [0.15, 0.2) is 0 Å². The number of nitrogens with one attached hydrogen (secondary N) is 1. The summed E-state index contributed by atoms with van der Waals surface area (Å²) in [7, 11) is 1.36. The van der Waals surface area contributed by atoms with Gasteiger partial charge in [0.05, 0.1) is 17.7 Å². The summed E-state index contributed by atoms with van der Waals surface area (Å²) in [4.78, 5) is 27.9. The molecule has 1 heterocycles. The number of benzene rings is 3. The zero-order valence-corrected chi connectivity index (χ0v) is 26.2. The van der Waals surface area contributed by atoms with Crippen molar-refractivity contribution in [2.24, 2.45) is 5.73 Å². The third-order valence-electron chi connectivity index (χ3n) is 7.44. The van der Waals surface area contributed by atoms with E-state index in [2.05, 4.69) is 35.4 Å². The second kappa shape index (κ2) is 16.6. The first-order valence-electron chi connectivity index (χ1n) is 14.7. The Morgan fingerprint density at radius 2 is 1.73 bits per heavy atom. The van der Waals surface area contributed by atoms with Crippen LogP contribution in [-0.2, 0) is 29.3 Å². The fourth-order valence-corrected chi connectivity index (χ4v) is 5.14. The lowest BCUT2D eigenvalue weighted by molar-refractivity contribution is -0.143. The number of methoxy groups -OCH3 is 1. The van der Waals surface area contributed by atoms with Gasteiger partial charge < -0.3 is 30.4 Å². The maximum absolute atomic E-state index is 12.4. The molecule has 0 unspecified atom stereocenters. The third-order valence-corrected chi connectivity index (χ3v) is 7.73. The van der Waals surface area contributed by atoms with E-state index in [0.29, 0.717) is 40.6 Å². The zero-order chi connectivity index (χ0) is 32.2. The van der Waals surface area contributed by atoms with Gasteiger partial charge in [0.1, 0.15) is 30.8 Å². The van der Waals surface area contributed by atoms with E-state index in [1.54, 1.807) is 18.3 Å². The molecule has 0 spiro atoms. The Bertz CT molecular complexity index is 1600. The van der Waals surface area contributed by atoms with Crippen LogP contribution in [-0.4, -0.2) is 41.7 Å². The minimum atomic E-state index is -1.08. The first-order chi connectivity index (χ1) is 21.8. The van der Waals surface area contributed by atoms with Gasteiger partial charge in [-0.2, -0.15) is 0 Å². The van der Waals surface area contributed by atoms with Gasteiger partial charge in [0.25, 0.3) is 0 Å². The van der Waals surface area contributed by atoms with Crippen molar-refractivity contribution in [2.75, 3.05) is 13.7 Å². The van der Waals surface area contributed by atoms with Crippen LogP contribution in [0.5, 0.6) is 11.5 Å². The molecule has 0 saturated carbocycles. The summed E-state index contributed by atoms with van der Waals surface area (Å²) in [5, 5.41) is 13.0. The number of aromatic nitrogens is 1. The number of pyridine rings is 1. The normalized spacial score (nSPS) is 11.6. The molecule has 10 heteroatoms. The van der Waals surface area contributed by atoms with Crippen LogP contribution in [0.3, 0.4) is 0 Å². The Hall–Kier alpha value is -4.44. The third kappa shape index (κ3) is 9.28. The van der Waals surface area contributed by atoms with Crippen LogP contribution in [0.25, 0.3) is 11.1 Å². The van der Waals surface area contributed by atoms with Gasteiger partial charge in [0, 0.05) is 36.1 Å². The molecule has 0 amide bonds. The number of carbonyl (C=O) groups excluding carboxylic acids is 1. The van der Waals surface area contributed by atoms with Gasteiger partial charge in [-0.3, -0.25) is 9.78 Å². The summed E-state index contributed by atoms with van der Waals surface area (Å²) in [6.45, 7) is 3.19. The number of hydrogen-bond donors (Lipinski definition) is 3. The van der Waals surface area contributed by atoms with Gasteiger partial charge in [-0.15, -0.1) is 0 Å². The van der Waals surface area contributed by atoms with Crippen molar-refractivity contribution < 1.29 is 28.9 Å². The highest BCUT2D eigenvalue weighted by Crippen LogP contribution is 2.35. The highest BCUT2D eigenvalue weighted by molar-refractivity contribution is 6.32. The summed E-state index contributed by atoms with van der Waals surface area (Å²) >= 11 is 6.73. The number of hydrogen-bond acceptors (Lipinski definition) is 8. The second-order valence-electron chi connectivity index (χ2n) is 10.6. The molecule has 0 aliphatic carbocycles. The SMILES string of the molecule is COC(=O)[C@H](CCCCN)NCc1cc(Cl)c(OCc2cccc(-c3ccccc3)c2C)cc1OCc1cncc(C(=O)O)c1. The summed E-state index contributed by atoms with van der Waals surface area (Å²) in [5.41, 5.74) is 11.3. The molecule has 1 atom stereocenters. The van der Waals surface area contributed by atoms with Gasteiger partial charge in [-0.05, 0) is 60.7 Å². The van der Waals surface area contributed by atoms with E-state index in [4.69, 9.17) is 31.5 Å². The molecular formula is C35H38ClN3O6. The number of halogens is 1. The van der Waals surface area contributed by atoms with Crippen molar-refractivity contribution in [3.63, 3.8) is 0 Å². The summed E-state index contributed by atoms with van der Waals surface area (Å²) < 4.78 is 17.4. The van der Waals surface area contributed by atoms with Crippen molar-refractivity contribution in [1.29, 1.82) is 0 Å². The molecule has 1 aromatic heterocycles. The van der Waals surface area contributed by atoms with Gasteiger partial charge in [-0.25, -0.2) is 4.79 Å². The molecule has 0 aliphatic rings. The minimum Gasteiger partial charge on any atom is -0.488 e. The smallest absolute Gasteiger partial charge is 0.337 e. The van der Waals surface area contributed by atoms with E-state index in [1.165, 1.54) is 19.4 Å². The van der Waals surface area contributed by atoms with E-state index in [-0.39, 0.29) is 31.3 Å². The second-order valence-corrected chi connectivity index (χ2v) is 11.0. The van der Waals surface area contributed by atoms with Crippen molar-refractivity contribution in [2.45, 2.75) is 52.0 Å². The molecule has 4 rings (SSSR count). The number of ether oxygens (including phenoxy) is 3. The monoisotopic (exact) mass is 631 g/mol. The molecule has 3 aromatic carbocycles. The number of aromatic carboxylic acids is 1. The van der Waals surface area contributed by atoms with Crippen LogP contribution in [0, 0.1) is 6.92 Å². The highest BCUT2D eigenvalue weighted by atomic mass is 35.5. The predicted octanol–water partition coefficient (Wildman–Crippen LogP) is 6.33. The Kier molecular flexibility index (Phi) is 12.3. The fraction of sp³-hybridized carbons (Fsp3) is 0.286. The van der Waals surface area contributed by atoms with Crippen LogP contribution in [0.4, 0.5) is 0 Å². The number of unbranched alkanes of at least 4 members (excludes halogenated alkanes) is 1. The van der Waals surface area contributed by atoms with Gasteiger partial charge in [0.2, 0.25) is 0 Å². The Labute approximate surface area is 268 Å². The molecule has 45 heavy (non-hydrogen) atoms. The molecule has 236 valence electrons. The molecule has 0 fully saturated rings. The average Bonchev–Trinajstić information content (AvgIpc) is 3.06. The van der Waals surface area contributed by atoms with E-state index >= 15 is 0 Å². The van der Waals surface area contributed by atoms with Crippen molar-refractivity contribution in [3.05, 3.63) is 112 Å². The Morgan fingerprint density at radius 3 is 2.47 bits per heavy atom. The number of carboxylic acid groups (broad SMARTS) is 1. The molecular weight excluding hydrogens is 594 g/mol. The lowest BCUT2D eigenvalue weighted by Gasteiger charge is -2.20. The Morgan fingerprint density at radius 1 is 0.956 bits per heavy atom. The van der Waals surface area contributed by atoms with E-state index in [0.717, 1.165) is 35.1 Å². The van der Waals surface area contributed by atoms with Crippen LogP contribution in [0.1, 0.15) is 51.9 Å². The van der Waals surface area contributed by atoms with Crippen molar-refractivity contribution >= 4 is 23.5 Å². The molecule has 4 aromatic rings. The summed E-state index contributed by atoms with van der Waals surface area (Å²) in [5.74, 6) is -0.565. The number of carboxylic acids is 1. The quantitative estimate of drug-likeness (QED) is 0.0958. The van der Waals surface area contributed by atoms with Crippen molar-refractivity contribution in [1.82, 2.24) is 10.3 Å². The first-order valence-corrected chi connectivity index (χ1v) is 15.1. The molecule has 0 radical (unpaired) electrons. The molecule has 9 nitrogen and oxygen atoms in total. The number of nitrogens with two attached hydrogens (primary N) is 1. The van der Waals surface area contributed by atoms with Crippen LogP contribution >= 0.6 is 11.6 Å². The van der Waals surface area contributed by atoms with Gasteiger partial charge >= 0.3 is 11.9 Å². The molecule has 0 bridgehead atoms. The maximum Gasteiger partial charge on any atom is 0.337 e. The van der Waals surface area contributed by atoms with E-state index in [9.17, 15) is 14.7 Å². The highest BCUT2D eigenvalue weighted by Gasteiger charge is 2.20. The van der Waals surface area contributed by atoms with E-state index in [1.807, 2.05) is 30.3 Å². The number of esters is 1. The number of nitrogens with zero attached hydrogens (tertiary/aromatic N) is 1. The largest absolute Gasteiger partial charge is 0.488 e. The average molecular weight is 632 g/mol. The van der Waals surface area contributed by atoms with E-state index < -0.39 is 12.0 Å². The van der Waals surface area contributed by atoms with Gasteiger partial charge in [-0.1, -0.05) is 66.6 Å². The molecule has 0 saturated heterocycles. The number of carbonyl (C=O) groups is 2. The lowest BCUT2D eigenvalue weighted by atomic mass is 9.97. The fourth-order valence-electron chi connectivity index (χ4n) is 4.90. The number of rotatable bonds is 16.